The maximum atomic E-state index is 11.7. The second-order valence-electron chi connectivity index (χ2n) is 4.24. The second kappa shape index (κ2) is 4.74. The molecule has 0 radical (unpaired) electrons. The van der Waals surface area contributed by atoms with Crippen molar-refractivity contribution in [1.29, 1.82) is 10.5 Å². The number of carbonyl (C=O) groups is 1. The van der Waals surface area contributed by atoms with Crippen LogP contribution in [0.5, 0.6) is 0 Å². The van der Waals surface area contributed by atoms with Gasteiger partial charge in [0.1, 0.15) is 0 Å². The standard InChI is InChI=1S/C13H8Cl2N2O2/c1-19-12(18)11-10(13(11,5-16)6-17)7-2-3-8(14)9(15)4-7/h2-4,10-11H,1H3/t10-,11-/m0/s1. The third-order valence-corrected chi connectivity index (χ3v) is 4.07. The molecule has 1 aromatic rings. The van der Waals surface area contributed by atoms with Crippen LogP contribution < -0.4 is 0 Å². The van der Waals surface area contributed by atoms with Gasteiger partial charge in [0, 0.05) is 5.92 Å². The largest absolute Gasteiger partial charge is 0.469 e. The lowest BCUT2D eigenvalue weighted by atomic mass is 10.0. The summed E-state index contributed by atoms with van der Waals surface area (Å²) in [7, 11) is 1.23. The zero-order valence-electron chi connectivity index (χ0n) is 9.85. The van der Waals surface area contributed by atoms with Crippen LogP contribution in [0.4, 0.5) is 0 Å². The number of methoxy groups -OCH3 is 1. The summed E-state index contributed by atoms with van der Waals surface area (Å²) in [5.74, 6) is -1.89. The number of nitrogens with zero attached hydrogens (tertiary/aromatic N) is 2. The van der Waals surface area contributed by atoms with Crippen molar-refractivity contribution >= 4 is 29.2 Å². The summed E-state index contributed by atoms with van der Waals surface area (Å²) in [5, 5.41) is 19.1. The van der Waals surface area contributed by atoms with Gasteiger partial charge in [-0.2, -0.15) is 10.5 Å². The fraction of sp³-hybridized carbons (Fsp3) is 0.308. The molecule has 1 aliphatic rings. The Hall–Kier alpha value is -1.75. The van der Waals surface area contributed by atoms with Gasteiger partial charge < -0.3 is 4.74 Å². The quantitative estimate of drug-likeness (QED) is 0.786. The first-order valence-electron chi connectivity index (χ1n) is 5.37. The Bertz CT molecular complexity index is 617. The molecule has 0 amide bonds. The minimum Gasteiger partial charge on any atom is -0.469 e. The van der Waals surface area contributed by atoms with Gasteiger partial charge in [-0.3, -0.25) is 4.79 Å². The summed E-state index contributed by atoms with van der Waals surface area (Å²) < 4.78 is 4.64. The van der Waals surface area contributed by atoms with Gasteiger partial charge in [-0.25, -0.2) is 0 Å². The summed E-state index contributed by atoms with van der Waals surface area (Å²) in [4.78, 5) is 11.7. The Kier molecular flexibility index (Phi) is 3.41. The minimum absolute atomic E-state index is 0.319. The fourth-order valence-corrected chi connectivity index (χ4v) is 2.61. The van der Waals surface area contributed by atoms with Crippen LogP contribution in [0.1, 0.15) is 11.5 Å². The topological polar surface area (TPSA) is 73.9 Å². The van der Waals surface area contributed by atoms with Crippen LogP contribution in [0.25, 0.3) is 0 Å². The minimum atomic E-state index is -1.38. The molecule has 0 spiro atoms. The van der Waals surface area contributed by atoms with Crippen LogP contribution in [0.2, 0.25) is 10.0 Å². The molecule has 0 bridgehead atoms. The predicted molar refractivity (Wildman–Crippen MR) is 68.4 cm³/mol. The molecule has 6 heteroatoms. The lowest BCUT2D eigenvalue weighted by molar-refractivity contribution is -0.142. The Balaban J connectivity index is 2.45. The summed E-state index contributed by atoms with van der Waals surface area (Å²) in [5.41, 5.74) is -0.752. The van der Waals surface area contributed by atoms with Gasteiger partial charge in [0.15, 0.2) is 5.41 Å². The lowest BCUT2D eigenvalue weighted by Gasteiger charge is -2.02. The Morgan fingerprint density at radius 1 is 1.32 bits per heavy atom. The van der Waals surface area contributed by atoms with Crippen LogP contribution in [-0.4, -0.2) is 13.1 Å². The first-order chi connectivity index (χ1) is 9.01. The predicted octanol–water partition coefficient (Wildman–Crippen LogP) is 2.91. The zero-order chi connectivity index (χ0) is 14.2. The summed E-state index contributed by atoms with van der Waals surface area (Å²) in [6.07, 6.45) is 0. The van der Waals surface area contributed by atoms with Gasteiger partial charge in [-0.15, -0.1) is 0 Å². The fourth-order valence-electron chi connectivity index (χ4n) is 2.30. The molecule has 1 aromatic carbocycles. The van der Waals surface area contributed by atoms with Gasteiger partial charge in [0.25, 0.3) is 0 Å². The summed E-state index contributed by atoms with van der Waals surface area (Å²) in [6.45, 7) is 0. The van der Waals surface area contributed by atoms with E-state index in [1.807, 2.05) is 12.1 Å². The van der Waals surface area contributed by atoms with Crippen molar-refractivity contribution in [3.8, 4) is 12.1 Å². The third-order valence-electron chi connectivity index (χ3n) is 3.33. The van der Waals surface area contributed by atoms with Crippen LogP contribution in [0.3, 0.4) is 0 Å². The number of halogens is 2. The number of nitriles is 2. The van der Waals surface area contributed by atoms with E-state index in [0.717, 1.165) is 0 Å². The molecule has 0 unspecified atom stereocenters. The van der Waals surface area contributed by atoms with E-state index in [0.29, 0.717) is 15.6 Å². The Labute approximate surface area is 120 Å². The van der Waals surface area contributed by atoms with Gasteiger partial charge in [0.05, 0.1) is 35.2 Å². The van der Waals surface area contributed by atoms with Crippen LogP contribution in [0, 0.1) is 34.0 Å². The molecule has 0 aliphatic heterocycles. The third kappa shape index (κ3) is 1.94. The smallest absolute Gasteiger partial charge is 0.312 e. The average molecular weight is 295 g/mol. The van der Waals surface area contributed by atoms with Crippen molar-refractivity contribution in [1.82, 2.24) is 0 Å². The molecule has 2 atom stereocenters. The molecular weight excluding hydrogens is 287 g/mol. The van der Waals surface area contributed by atoms with E-state index < -0.39 is 23.2 Å². The van der Waals surface area contributed by atoms with Crippen molar-refractivity contribution < 1.29 is 9.53 Å². The Morgan fingerprint density at radius 3 is 2.42 bits per heavy atom. The van der Waals surface area contributed by atoms with E-state index in [2.05, 4.69) is 4.74 Å². The number of hydrogen-bond donors (Lipinski definition) is 0. The van der Waals surface area contributed by atoms with E-state index in [9.17, 15) is 15.3 Å². The number of ether oxygens (including phenoxy) is 1. The highest BCUT2D eigenvalue weighted by Gasteiger charge is 2.71. The Morgan fingerprint density at radius 2 is 1.95 bits per heavy atom. The number of esters is 1. The first kappa shape index (κ1) is 13.7. The molecule has 19 heavy (non-hydrogen) atoms. The van der Waals surface area contributed by atoms with Crippen molar-refractivity contribution in [2.75, 3.05) is 7.11 Å². The number of carbonyl (C=O) groups excluding carboxylic acids is 1. The van der Waals surface area contributed by atoms with Gasteiger partial charge in [-0.05, 0) is 17.7 Å². The molecule has 1 aliphatic carbocycles. The monoisotopic (exact) mass is 294 g/mol. The SMILES string of the molecule is COC(=O)[C@@H]1[C@H](c2ccc(Cl)c(Cl)c2)C1(C#N)C#N. The molecule has 1 saturated carbocycles. The molecule has 0 aromatic heterocycles. The van der Waals surface area contributed by atoms with E-state index in [1.54, 1.807) is 18.2 Å². The zero-order valence-corrected chi connectivity index (χ0v) is 11.4. The van der Waals surface area contributed by atoms with E-state index >= 15 is 0 Å². The molecule has 0 saturated heterocycles. The van der Waals surface area contributed by atoms with Crippen LogP contribution in [0.15, 0.2) is 18.2 Å². The van der Waals surface area contributed by atoms with Crippen LogP contribution in [-0.2, 0) is 9.53 Å². The maximum absolute atomic E-state index is 11.7. The maximum Gasteiger partial charge on any atom is 0.312 e. The van der Waals surface area contributed by atoms with Crippen molar-refractivity contribution in [3.63, 3.8) is 0 Å². The van der Waals surface area contributed by atoms with E-state index in [4.69, 9.17) is 23.2 Å². The second-order valence-corrected chi connectivity index (χ2v) is 5.06. The molecule has 1 fully saturated rings. The highest BCUT2D eigenvalue weighted by molar-refractivity contribution is 6.42. The molecule has 2 rings (SSSR count). The van der Waals surface area contributed by atoms with Crippen molar-refractivity contribution in [2.45, 2.75) is 5.92 Å². The first-order valence-corrected chi connectivity index (χ1v) is 6.12. The number of benzene rings is 1. The number of rotatable bonds is 2. The normalized spacial score (nSPS) is 23.0. The van der Waals surface area contributed by atoms with Gasteiger partial charge in [0.2, 0.25) is 0 Å². The van der Waals surface area contributed by atoms with Gasteiger partial charge >= 0.3 is 5.97 Å². The van der Waals surface area contributed by atoms with Crippen molar-refractivity contribution in [3.05, 3.63) is 33.8 Å². The molecular formula is C13H8Cl2N2O2. The highest BCUT2D eigenvalue weighted by atomic mass is 35.5. The summed E-state index contributed by atoms with van der Waals surface area (Å²) >= 11 is 11.7. The average Bonchev–Trinajstić information content (AvgIpc) is 3.10. The van der Waals surface area contributed by atoms with Crippen LogP contribution >= 0.6 is 23.2 Å². The lowest BCUT2D eigenvalue weighted by Crippen LogP contribution is -2.09. The van der Waals surface area contributed by atoms with Gasteiger partial charge in [-0.1, -0.05) is 29.3 Å². The summed E-state index contributed by atoms with van der Waals surface area (Å²) in [6, 6.07) is 8.63. The van der Waals surface area contributed by atoms with E-state index in [-0.39, 0.29) is 0 Å². The molecule has 0 N–H and O–H groups in total. The molecule has 4 nitrogen and oxygen atoms in total. The number of hydrogen-bond acceptors (Lipinski definition) is 4. The molecule has 96 valence electrons. The van der Waals surface area contributed by atoms with Crippen molar-refractivity contribution in [2.24, 2.45) is 11.3 Å². The highest BCUT2D eigenvalue weighted by Crippen LogP contribution is 2.64. The van der Waals surface area contributed by atoms with E-state index in [1.165, 1.54) is 7.11 Å². The molecule has 0 heterocycles.